The van der Waals surface area contributed by atoms with Crippen LogP contribution in [0, 0.1) is 27.7 Å². The van der Waals surface area contributed by atoms with Crippen LogP contribution in [0.5, 0.6) is 0 Å². The Morgan fingerprint density at radius 1 is 0.972 bits per heavy atom. The number of hydrogen-bond acceptors (Lipinski definition) is 7. The van der Waals surface area contributed by atoms with Crippen molar-refractivity contribution in [1.82, 2.24) is 19.7 Å². The van der Waals surface area contributed by atoms with E-state index in [0.717, 1.165) is 22.5 Å². The van der Waals surface area contributed by atoms with Gasteiger partial charge in [-0.1, -0.05) is 18.2 Å². The van der Waals surface area contributed by atoms with E-state index in [9.17, 15) is 9.59 Å². The maximum atomic E-state index is 13.2. The van der Waals surface area contributed by atoms with Gasteiger partial charge in [0.05, 0.1) is 23.6 Å². The molecule has 0 saturated heterocycles. The van der Waals surface area contributed by atoms with Crippen molar-refractivity contribution in [2.45, 2.75) is 34.6 Å². The van der Waals surface area contributed by atoms with Crippen LogP contribution >= 0.6 is 0 Å². The highest BCUT2D eigenvalue weighted by atomic mass is 16.5. The average Bonchev–Trinajstić information content (AvgIpc) is 3.19. The number of esters is 1. The number of aromatic nitrogens is 4. The summed E-state index contributed by atoms with van der Waals surface area (Å²) in [7, 11) is 0. The molecule has 0 bridgehead atoms. The Bertz CT molecular complexity index is 1440. The van der Waals surface area contributed by atoms with Gasteiger partial charge in [-0.3, -0.25) is 4.79 Å². The lowest BCUT2D eigenvalue weighted by Gasteiger charge is -2.15. The molecule has 1 amide bonds. The fourth-order valence-corrected chi connectivity index (χ4v) is 3.69. The average molecular weight is 485 g/mol. The van der Waals surface area contributed by atoms with Crippen LogP contribution in [0.4, 0.5) is 17.2 Å². The standard InChI is InChI=1S/C27H28N6O3/c1-6-36-26(35)22-15-28-27(33-19(5)14-18(4)32-33)31-24(22)30-23-10-8-7-9-21(23)25(34)29-20-12-11-16(2)17(3)13-20/h7-15H,6H2,1-5H3,(H,29,34)(H,28,30,31). The van der Waals surface area contributed by atoms with Crippen molar-refractivity contribution in [2.75, 3.05) is 17.2 Å². The van der Waals surface area contributed by atoms with Crippen molar-refractivity contribution in [3.63, 3.8) is 0 Å². The van der Waals surface area contributed by atoms with Gasteiger partial charge in [-0.05, 0) is 76.1 Å². The molecule has 2 heterocycles. The van der Waals surface area contributed by atoms with Gasteiger partial charge in [-0.15, -0.1) is 0 Å². The number of aryl methyl sites for hydroxylation is 4. The molecule has 0 spiro atoms. The Labute approximate surface area is 209 Å². The van der Waals surface area contributed by atoms with Crippen molar-refractivity contribution in [3.05, 3.63) is 88.4 Å². The van der Waals surface area contributed by atoms with Crippen molar-refractivity contribution in [1.29, 1.82) is 0 Å². The van der Waals surface area contributed by atoms with Crippen LogP contribution in [0.2, 0.25) is 0 Å². The molecule has 2 aromatic carbocycles. The third-order valence-electron chi connectivity index (χ3n) is 5.66. The number of benzene rings is 2. The highest BCUT2D eigenvalue weighted by Gasteiger charge is 2.20. The number of anilines is 3. The Kier molecular flexibility index (Phi) is 7.10. The van der Waals surface area contributed by atoms with Gasteiger partial charge in [-0.2, -0.15) is 10.1 Å². The van der Waals surface area contributed by atoms with E-state index in [1.165, 1.54) is 6.20 Å². The van der Waals surface area contributed by atoms with E-state index in [1.54, 1.807) is 35.9 Å². The summed E-state index contributed by atoms with van der Waals surface area (Å²) in [4.78, 5) is 34.7. The minimum atomic E-state index is -0.572. The number of rotatable bonds is 7. The topological polar surface area (TPSA) is 111 Å². The van der Waals surface area contributed by atoms with E-state index in [2.05, 4.69) is 25.7 Å². The summed E-state index contributed by atoms with van der Waals surface area (Å²) in [6, 6.07) is 14.7. The first-order valence-corrected chi connectivity index (χ1v) is 11.6. The Morgan fingerprint density at radius 2 is 1.75 bits per heavy atom. The molecule has 0 unspecified atom stereocenters. The van der Waals surface area contributed by atoms with Gasteiger partial charge < -0.3 is 15.4 Å². The quantitative estimate of drug-likeness (QED) is 0.352. The summed E-state index contributed by atoms with van der Waals surface area (Å²) >= 11 is 0. The molecule has 9 heteroatoms. The fourth-order valence-electron chi connectivity index (χ4n) is 3.69. The minimum absolute atomic E-state index is 0.145. The fraction of sp³-hybridized carbons (Fsp3) is 0.222. The van der Waals surface area contributed by atoms with Crippen molar-refractivity contribution < 1.29 is 14.3 Å². The van der Waals surface area contributed by atoms with Crippen LogP contribution in [0.1, 0.15) is 50.2 Å². The maximum Gasteiger partial charge on any atom is 0.343 e. The second-order valence-electron chi connectivity index (χ2n) is 8.42. The number of nitrogens with zero attached hydrogens (tertiary/aromatic N) is 4. The summed E-state index contributed by atoms with van der Waals surface area (Å²) < 4.78 is 6.79. The van der Waals surface area contributed by atoms with E-state index in [-0.39, 0.29) is 29.8 Å². The first-order valence-electron chi connectivity index (χ1n) is 11.6. The largest absolute Gasteiger partial charge is 0.462 e. The van der Waals surface area contributed by atoms with Crippen LogP contribution in [-0.2, 0) is 4.74 Å². The van der Waals surface area contributed by atoms with Crippen molar-refractivity contribution >= 4 is 29.1 Å². The predicted octanol–water partition coefficient (Wildman–Crippen LogP) is 5.07. The first kappa shape index (κ1) is 24.6. The van der Waals surface area contributed by atoms with Gasteiger partial charge in [0.1, 0.15) is 5.56 Å². The molecular weight excluding hydrogens is 456 g/mol. The van der Waals surface area contributed by atoms with Gasteiger partial charge in [0.2, 0.25) is 0 Å². The smallest absolute Gasteiger partial charge is 0.343 e. The Morgan fingerprint density at radius 3 is 2.44 bits per heavy atom. The van der Waals surface area contributed by atoms with Crippen molar-refractivity contribution in [3.8, 4) is 5.95 Å². The minimum Gasteiger partial charge on any atom is -0.462 e. The van der Waals surface area contributed by atoms with E-state index in [0.29, 0.717) is 16.9 Å². The number of hydrogen-bond donors (Lipinski definition) is 2. The molecule has 0 saturated carbocycles. The third-order valence-corrected chi connectivity index (χ3v) is 5.66. The molecule has 0 aliphatic heterocycles. The van der Waals surface area contributed by atoms with Gasteiger partial charge in [-0.25, -0.2) is 14.5 Å². The van der Waals surface area contributed by atoms with Crippen LogP contribution in [0.25, 0.3) is 5.95 Å². The van der Waals surface area contributed by atoms with E-state index < -0.39 is 5.97 Å². The Hall–Kier alpha value is -4.53. The second kappa shape index (κ2) is 10.4. The number of para-hydroxylation sites is 1. The SMILES string of the molecule is CCOC(=O)c1cnc(-n2nc(C)cc2C)nc1Nc1ccccc1C(=O)Nc1ccc(C)c(C)c1. The summed E-state index contributed by atoms with van der Waals surface area (Å²) in [5.74, 6) is -0.380. The molecule has 0 atom stereocenters. The molecular formula is C27H28N6O3. The number of ether oxygens (including phenoxy) is 1. The van der Waals surface area contributed by atoms with Crippen molar-refractivity contribution in [2.24, 2.45) is 0 Å². The molecule has 0 fully saturated rings. The lowest BCUT2D eigenvalue weighted by atomic mass is 10.1. The number of nitrogens with one attached hydrogen (secondary N) is 2. The molecule has 2 N–H and O–H groups in total. The summed E-state index contributed by atoms with van der Waals surface area (Å²) in [5.41, 5.74) is 5.58. The molecule has 9 nitrogen and oxygen atoms in total. The van der Waals surface area contributed by atoms with Gasteiger partial charge in [0.15, 0.2) is 5.82 Å². The molecule has 4 aromatic rings. The van der Waals surface area contributed by atoms with Crippen LogP contribution in [0.15, 0.2) is 54.7 Å². The highest BCUT2D eigenvalue weighted by molar-refractivity contribution is 6.08. The molecule has 2 aromatic heterocycles. The molecule has 184 valence electrons. The molecule has 0 radical (unpaired) electrons. The molecule has 4 rings (SSSR count). The molecule has 0 aliphatic rings. The number of carbonyl (C=O) groups excluding carboxylic acids is 2. The normalized spacial score (nSPS) is 10.7. The molecule has 0 aliphatic carbocycles. The number of carbonyl (C=O) groups is 2. The summed E-state index contributed by atoms with van der Waals surface area (Å²) in [5, 5.41) is 10.5. The Balaban J connectivity index is 1.71. The van der Waals surface area contributed by atoms with Gasteiger partial charge in [0, 0.05) is 17.6 Å². The van der Waals surface area contributed by atoms with Crippen LogP contribution < -0.4 is 10.6 Å². The maximum absolute atomic E-state index is 13.2. The third kappa shape index (κ3) is 5.25. The summed E-state index contributed by atoms with van der Waals surface area (Å²) in [6.45, 7) is 9.70. The first-order chi connectivity index (χ1) is 17.3. The van der Waals surface area contributed by atoms with Gasteiger partial charge >= 0.3 is 5.97 Å². The van der Waals surface area contributed by atoms with E-state index in [4.69, 9.17) is 4.74 Å². The monoisotopic (exact) mass is 484 g/mol. The van der Waals surface area contributed by atoms with E-state index >= 15 is 0 Å². The zero-order valence-electron chi connectivity index (χ0n) is 20.9. The lowest BCUT2D eigenvalue weighted by Crippen LogP contribution is -2.16. The zero-order valence-corrected chi connectivity index (χ0v) is 20.9. The van der Waals surface area contributed by atoms with Gasteiger partial charge in [0.25, 0.3) is 11.9 Å². The van der Waals surface area contributed by atoms with Crippen LogP contribution in [-0.4, -0.2) is 38.2 Å². The zero-order chi connectivity index (χ0) is 25.8. The summed E-state index contributed by atoms with van der Waals surface area (Å²) in [6.07, 6.45) is 1.40. The van der Waals surface area contributed by atoms with Crippen LogP contribution in [0.3, 0.4) is 0 Å². The number of amides is 1. The predicted molar refractivity (Wildman–Crippen MR) is 138 cm³/mol. The second-order valence-corrected chi connectivity index (χ2v) is 8.42. The lowest BCUT2D eigenvalue weighted by molar-refractivity contribution is 0.0526. The molecule has 36 heavy (non-hydrogen) atoms. The van der Waals surface area contributed by atoms with E-state index in [1.807, 2.05) is 52.0 Å². The highest BCUT2D eigenvalue weighted by Crippen LogP contribution is 2.25.